The van der Waals surface area contributed by atoms with Crippen LogP contribution in [0.4, 0.5) is 4.39 Å². The SMILES string of the molecule is CCOP(C)(=O)COC[C@@H]1O[C@H](n2cc(C)c(=O)[nH]c2=O)[C@H](F)[C@H]1O. The quantitative estimate of drug-likeness (QED) is 0.656. The topological polar surface area (TPSA) is 120 Å². The van der Waals surface area contributed by atoms with Crippen LogP contribution in [-0.4, -0.2) is 59.3 Å². The highest BCUT2D eigenvalue weighted by molar-refractivity contribution is 7.57. The lowest BCUT2D eigenvalue weighted by Crippen LogP contribution is -2.36. The van der Waals surface area contributed by atoms with E-state index in [9.17, 15) is 23.7 Å². The highest BCUT2D eigenvalue weighted by Crippen LogP contribution is 2.42. The van der Waals surface area contributed by atoms with Gasteiger partial charge in [0, 0.05) is 18.4 Å². The molecule has 0 aliphatic carbocycles. The number of rotatable bonds is 7. The van der Waals surface area contributed by atoms with E-state index >= 15 is 0 Å². The summed E-state index contributed by atoms with van der Waals surface area (Å²) in [7, 11) is -2.93. The van der Waals surface area contributed by atoms with Crippen LogP contribution in [0.2, 0.25) is 0 Å². The molecule has 2 heterocycles. The minimum Gasteiger partial charge on any atom is -0.387 e. The molecule has 1 fully saturated rings. The molecule has 25 heavy (non-hydrogen) atoms. The summed E-state index contributed by atoms with van der Waals surface area (Å²) in [6, 6.07) is 0. The second kappa shape index (κ2) is 7.92. The highest BCUT2D eigenvalue weighted by atomic mass is 31.2. The van der Waals surface area contributed by atoms with E-state index in [0.717, 1.165) is 4.57 Å². The zero-order chi connectivity index (χ0) is 18.8. The molecule has 1 unspecified atom stereocenters. The highest BCUT2D eigenvalue weighted by Gasteiger charge is 2.45. The van der Waals surface area contributed by atoms with Crippen LogP contribution in [0.1, 0.15) is 18.7 Å². The zero-order valence-electron chi connectivity index (χ0n) is 14.2. The Bertz CT molecular complexity index is 764. The lowest BCUT2D eigenvalue weighted by molar-refractivity contribution is -0.0604. The Morgan fingerprint density at radius 3 is 2.80 bits per heavy atom. The van der Waals surface area contributed by atoms with Crippen molar-refractivity contribution in [1.29, 1.82) is 0 Å². The molecule has 1 aliphatic rings. The van der Waals surface area contributed by atoms with Crippen LogP contribution in [-0.2, 0) is 18.6 Å². The second-order valence-corrected chi connectivity index (χ2v) is 8.46. The summed E-state index contributed by atoms with van der Waals surface area (Å²) >= 11 is 0. The van der Waals surface area contributed by atoms with Crippen molar-refractivity contribution >= 4 is 7.37 Å². The Labute approximate surface area is 143 Å². The minimum absolute atomic E-state index is 0.202. The van der Waals surface area contributed by atoms with E-state index in [1.54, 1.807) is 6.92 Å². The van der Waals surface area contributed by atoms with Gasteiger partial charge in [0.1, 0.15) is 18.6 Å². The molecule has 1 aromatic rings. The van der Waals surface area contributed by atoms with Gasteiger partial charge in [0.05, 0.1) is 13.2 Å². The minimum atomic E-state index is -2.93. The summed E-state index contributed by atoms with van der Waals surface area (Å²) in [5, 5.41) is 9.97. The van der Waals surface area contributed by atoms with Gasteiger partial charge in [-0.3, -0.25) is 18.9 Å². The molecular weight excluding hydrogens is 358 g/mol. The van der Waals surface area contributed by atoms with Gasteiger partial charge < -0.3 is 19.1 Å². The molecule has 1 aromatic heterocycles. The third-order valence-electron chi connectivity index (χ3n) is 3.72. The van der Waals surface area contributed by atoms with Gasteiger partial charge in [0.15, 0.2) is 12.4 Å². The smallest absolute Gasteiger partial charge is 0.330 e. The largest absolute Gasteiger partial charge is 0.387 e. The predicted molar refractivity (Wildman–Crippen MR) is 86.8 cm³/mol. The van der Waals surface area contributed by atoms with Crippen LogP contribution in [0.25, 0.3) is 0 Å². The average Bonchev–Trinajstić information content (AvgIpc) is 2.79. The molecule has 0 amide bonds. The molecule has 0 saturated carbocycles. The molecular formula is C14H22FN2O7P. The summed E-state index contributed by atoms with van der Waals surface area (Å²) in [4.78, 5) is 25.3. The van der Waals surface area contributed by atoms with Gasteiger partial charge in [-0.1, -0.05) is 0 Å². The Morgan fingerprint density at radius 1 is 1.48 bits per heavy atom. The van der Waals surface area contributed by atoms with Crippen molar-refractivity contribution in [3.05, 3.63) is 32.6 Å². The van der Waals surface area contributed by atoms with Crippen molar-refractivity contribution in [3.8, 4) is 0 Å². The molecule has 1 saturated heterocycles. The Hall–Kier alpha value is -1.32. The number of halogens is 1. The summed E-state index contributed by atoms with van der Waals surface area (Å²) < 4.78 is 42.8. The molecule has 9 nitrogen and oxygen atoms in total. The van der Waals surface area contributed by atoms with Gasteiger partial charge >= 0.3 is 5.69 Å². The number of hydrogen-bond donors (Lipinski definition) is 2. The van der Waals surface area contributed by atoms with Crippen LogP contribution < -0.4 is 11.2 Å². The first kappa shape index (κ1) is 20.0. The second-order valence-electron chi connectivity index (χ2n) is 5.91. The first-order valence-corrected chi connectivity index (χ1v) is 10.0. The van der Waals surface area contributed by atoms with E-state index in [-0.39, 0.29) is 25.1 Å². The number of aliphatic hydroxyl groups excluding tert-OH is 1. The molecule has 142 valence electrons. The fraction of sp³-hybridized carbons (Fsp3) is 0.714. The number of aromatic amines is 1. The zero-order valence-corrected chi connectivity index (χ0v) is 15.1. The number of aryl methyl sites for hydroxylation is 1. The number of ether oxygens (including phenoxy) is 2. The van der Waals surface area contributed by atoms with Crippen LogP contribution in [0.3, 0.4) is 0 Å². The number of H-pyrrole nitrogens is 1. The number of alkyl halides is 1. The van der Waals surface area contributed by atoms with Gasteiger partial charge in [-0.05, 0) is 13.8 Å². The number of hydrogen-bond acceptors (Lipinski definition) is 7. The maximum absolute atomic E-state index is 14.3. The van der Waals surface area contributed by atoms with E-state index in [1.165, 1.54) is 19.8 Å². The van der Waals surface area contributed by atoms with Crippen molar-refractivity contribution in [2.24, 2.45) is 0 Å². The first-order chi connectivity index (χ1) is 11.7. The third kappa shape index (κ3) is 4.65. The maximum atomic E-state index is 14.3. The molecule has 2 N–H and O–H groups in total. The van der Waals surface area contributed by atoms with E-state index in [4.69, 9.17) is 14.0 Å². The third-order valence-corrected chi connectivity index (χ3v) is 5.18. The van der Waals surface area contributed by atoms with Crippen molar-refractivity contribution < 1.29 is 28.1 Å². The lowest BCUT2D eigenvalue weighted by atomic mass is 10.1. The maximum Gasteiger partial charge on any atom is 0.330 e. The number of nitrogens with zero attached hydrogens (tertiary/aromatic N) is 1. The van der Waals surface area contributed by atoms with E-state index in [0.29, 0.717) is 0 Å². The average molecular weight is 380 g/mol. The summed E-state index contributed by atoms with van der Waals surface area (Å²) in [6.07, 6.45) is -4.91. The van der Waals surface area contributed by atoms with Crippen LogP contribution in [0.5, 0.6) is 0 Å². The van der Waals surface area contributed by atoms with Crippen molar-refractivity contribution in [1.82, 2.24) is 9.55 Å². The fourth-order valence-corrected chi connectivity index (χ4v) is 3.54. The molecule has 0 radical (unpaired) electrons. The molecule has 5 atom stereocenters. The van der Waals surface area contributed by atoms with Crippen LogP contribution in [0.15, 0.2) is 15.8 Å². The van der Waals surface area contributed by atoms with Gasteiger partial charge in [0.2, 0.25) is 7.37 Å². The fourth-order valence-electron chi connectivity index (χ4n) is 2.49. The summed E-state index contributed by atoms with van der Waals surface area (Å²) in [6.45, 7) is 4.61. The molecule has 0 spiro atoms. The number of aromatic nitrogens is 2. The van der Waals surface area contributed by atoms with Gasteiger partial charge in [-0.25, -0.2) is 9.18 Å². The molecule has 0 aromatic carbocycles. The molecule has 2 rings (SSSR count). The summed E-state index contributed by atoms with van der Waals surface area (Å²) in [5.41, 5.74) is -1.22. The Morgan fingerprint density at radius 2 is 2.16 bits per heavy atom. The van der Waals surface area contributed by atoms with E-state index in [1.807, 2.05) is 0 Å². The number of nitrogens with one attached hydrogen (secondary N) is 1. The normalized spacial score (nSPS) is 28.8. The van der Waals surface area contributed by atoms with Crippen molar-refractivity contribution in [2.75, 3.05) is 26.2 Å². The molecule has 1 aliphatic heterocycles. The van der Waals surface area contributed by atoms with Gasteiger partial charge in [-0.15, -0.1) is 0 Å². The van der Waals surface area contributed by atoms with Crippen molar-refractivity contribution in [3.63, 3.8) is 0 Å². The number of aliphatic hydroxyl groups is 1. The molecule has 11 heteroatoms. The van der Waals surface area contributed by atoms with E-state index < -0.39 is 43.2 Å². The van der Waals surface area contributed by atoms with Gasteiger partial charge in [-0.2, -0.15) is 0 Å². The lowest BCUT2D eigenvalue weighted by Gasteiger charge is -2.17. The summed E-state index contributed by atoms with van der Waals surface area (Å²) in [5.74, 6) is 0. The van der Waals surface area contributed by atoms with Crippen LogP contribution in [0, 0.1) is 6.92 Å². The van der Waals surface area contributed by atoms with Gasteiger partial charge in [0.25, 0.3) is 5.56 Å². The van der Waals surface area contributed by atoms with Crippen molar-refractivity contribution in [2.45, 2.75) is 38.5 Å². The Kier molecular flexibility index (Phi) is 6.34. The first-order valence-electron chi connectivity index (χ1n) is 7.74. The monoisotopic (exact) mass is 380 g/mol. The molecule has 0 bridgehead atoms. The Balaban J connectivity index is 2.06. The van der Waals surface area contributed by atoms with Crippen LogP contribution >= 0.6 is 7.37 Å². The standard InChI is InChI=1S/C14H22FN2O7P/c1-4-23-25(3,21)7-22-6-9-11(18)10(15)13(24-9)17-5-8(2)12(19)16-14(17)20/h5,9-11,13,18H,4,6-7H2,1-3H3,(H,16,19,20)/t9-,10+,11-,13-,25?/m0/s1. The predicted octanol–water partition coefficient (Wildman–Crippen LogP) is 0.360. The van der Waals surface area contributed by atoms with E-state index in [2.05, 4.69) is 4.98 Å².